The predicted octanol–water partition coefficient (Wildman–Crippen LogP) is -1.59. The number of carboxylic acid groups (broad SMARTS) is 2. The van der Waals surface area contributed by atoms with Crippen molar-refractivity contribution in [1.82, 2.24) is 16.0 Å². The van der Waals surface area contributed by atoms with Crippen molar-refractivity contribution in [2.75, 3.05) is 6.61 Å². The zero-order valence-corrected chi connectivity index (χ0v) is 18.3. The third-order valence-corrected chi connectivity index (χ3v) is 4.84. The molecule has 31 heavy (non-hydrogen) atoms. The lowest BCUT2D eigenvalue weighted by Gasteiger charge is -2.29. The highest BCUT2D eigenvalue weighted by atomic mass is 16.4. The molecule has 12 nitrogen and oxygen atoms in total. The molecule has 12 heteroatoms. The summed E-state index contributed by atoms with van der Waals surface area (Å²) in [6.45, 7) is 6.18. The molecule has 5 unspecified atom stereocenters. The molecule has 0 heterocycles. The summed E-state index contributed by atoms with van der Waals surface area (Å²) in [5, 5.41) is 34.2. The van der Waals surface area contributed by atoms with E-state index in [0.717, 1.165) is 0 Å². The smallest absolute Gasteiger partial charge is 0.326 e. The van der Waals surface area contributed by atoms with Crippen LogP contribution in [-0.2, 0) is 24.0 Å². The zero-order valence-electron chi connectivity index (χ0n) is 18.3. The highest BCUT2D eigenvalue weighted by Gasteiger charge is 2.33. The van der Waals surface area contributed by atoms with Gasteiger partial charge in [-0.25, -0.2) is 4.79 Å². The Kier molecular flexibility index (Phi) is 12.4. The van der Waals surface area contributed by atoms with Crippen LogP contribution in [0.1, 0.15) is 47.0 Å². The van der Waals surface area contributed by atoms with E-state index < -0.39 is 72.8 Å². The monoisotopic (exact) mass is 446 g/mol. The zero-order chi connectivity index (χ0) is 24.3. The number of rotatable bonds is 14. The number of carbonyl (C=O) groups excluding carboxylic acids is 3. The maximum Gasteiger partial charge on any atom is 0.326 e. The number of nitrogens with one attached hydrogen (secondary N) is 3. The fourth-order valence-corrected chi connectivity index (χ4v) is 2.61. The fourth-order valence-electron chi connectivity index (χ4n) is 2.61. The molecule has 0 bridgehead atoms. The van der Waals surface area contributed by atoms with E-state index in [2.05, 4.69) is 16.0 Å². The Morgan fingerprint density at radius 3 is 1.81 bits per heavy atom. The molecular weight excluding hydrogens is 412 g/mol. The SMILES string of the molecule is CCC(C)C(NC(=O)C(N)CO)C(=O)NC(C(=O)NC(CCC(=O)O)C(=O)O)C(C)C. The van der Waals surface area contributed by atoms with Gasteiger partial charge in [-0.2, -0.15) is 0 Å². The molecule has 0 aliphatic heterocycles. The summed E-state index contributed by atoms with van der Waals surface area (Å²) < 4.78 is 0. The average molecular weight is 447 g/mol. The van der Waals surface area contributed by atoms with E-state index >= 15 is 0 Å². The van der Waals surface area contributed by atoms with Crippen LogP contribution in [0.25, 0.3) is 0 Å². The minimum atomic E-state index is -1.44. The van der Waals surface area contributed by atoms with Crippen LogP contribution >= 0.6 is 0 Å². The number of aliphatic hydroxyl groups excluding tert-OH is 1. The Hall–Kier alpha value is -2.73. The Morgan fingerprint density at radius 1 is 0.871 bits per heavy atom. The summed E-state index contributed by atoms with van der Waals surface area (Å²) in [6, 6.07) is -4.82. The van der Waals surface area contributed by atoms with Crippen LogP contribution in [0.15, 0.2) is 0 Å². The summed E-state index contributed by atoms with van der Waals surface area (Å²) in [4.78, 5) is 59.6. The van der Waals surface area contributed by atoms with Crippen LogP contribution < -0.4 is 21.7 Å². The van der Waals surface area contributed by atoms with Gasteiger partial charge in [-0.15, -0.1) is 0 Å². The van der Waals surface area contributed by atoms with E-state index in [4.69, 9.17) is 15.9 Å². The molecule has 3 amide bonds. The van der Waals surface area contributed by atoms with Gasteiger partial charge in [0.25, 0.3) is 0 Å². The quantitative estimate of drug-likeness (QED) is 0.164. The minimum Gasteiger partial charge on any atom is -0.481 e. The van der Waals surface area contributed by atoms with Crippen molar-refractivity contribution in [2.45, 2.75) is 71.1 Å². The van der Waals surface area contributed by atoms with Crippen LogP contribution in [0.4, 0.5) is 0 Å². The first-order valence-electron chi connectivity index (χ1n) is 10.1. The molecule has 0 aromatic rings. The second-order valence-electron chi connectivity index (χ2n) is 7.72. The molecule has 0 aromatic carbocycles. The highest BCUT2D eigenvalue weighted by Crippen LogP contribution is 2.11. The van der Waals surface area contributed by atoms with Gasteiger partial charge >= 0.3 is 11.9 Å². The number of aliphatic carboxylic acids is 2. The molecule has 0 radical (unpaired) electrons. The van der Waals surface area contributed by atoms with Crippen LogP contribution in [0.2, 0.25) is 0 Å². The maximum absolute atomic E-state index is 12.8. The molecule has 0 rings (SSSR count). The van der Waals surface area contributed by atoms with Crippen molar-refractivity contribution in [3.63, 3.8) is 0 Å². The minimum absolute atomic E-state index is 0.320. The lowest BCUT2D eigenvalue weighted by atomic mass is 9.96. The van der Waals surface area contributed by atoms with Crippen LogP contribution in [0.3, 0.4) is 0 Å². The molecule has 0 aromatic heterocycles. The summed E-state index contributed by atoms with van der Waals surface area (Å²) in [7, 11) is 0. The lowest BCUT2D eigenvalue weighted by Crippen LogP contribution is -2.60. The number of amides is 3. The Balaban J connectivity index is 5.43. The molecule has 178 valence electrons. The van der Waals surface area contributed by atoms with E-state index in [1.807, 2.05) is 0 Å². The van der Waals surface area contributed by atoms with Crippen molar-refractivity contribution in [3.8, 4) is 0 Å². The van der Waals surface area contributed by atoms with E-state index in [-0.39, 0.29) is 12.3 Å². The van der Waals surface area contributed by atoms with Gasteiger partial charge in [0.15, 0.2) is 0 Å². The first-order chi connectivity index (χ1) is 14.3. The number of carboxylic acids is 2. The first-order valence-corrected chi connectivity index (χ1v) is 10.1. The largest absolute Gasteiger partial charge is 0.481 e. The van der Waals surface area contributed by atoms with Gasteiger partial charge in [-0.1, -0.05) is 34.1 Å². The van der Waals surface area contributed by atoms with Gasteiger partial charge in [-0.3, -0.25) is 19.2 Å². The van der Waals surface area contributed by atoms with E-state index in [1.54, 1.807) is 27.7 Å². The van der Waals surface area contributed by atoms with Gasteiger partial charge in [-0.05, 0) is 18.3 Å². The topological polar surface area (TPSA) is 208 Å². The van der Waals surface area contributed by atoms with Crippen LogP contribution in [-0.4, -0.2) is 75.8 Å². The van der Waals surface area contributed by atoms with Crippen molar-refractivity contribution >= 4 is 29.7 Å². The highest BCUT2D eigenvalue weighted by molar-refractivity contribution is 5.94. The van der Waals surface area contributed by atoms with E-state index in [9.17, 15) is 29.1 Å². The Morgan fingerprint density at radius 2 is 1.39 bits per heavy atom. The summed E-state index contributed by atoms with van der Waals surface area (Å²) >= 11 is 0. The van der Waals surface area contributed by atoms with Gasteiger partial charge in [0.05, 0.1) is 6.61 Å². The van der Waals surface area contributed by atoms with Gasteiger partial charge < -0.3 is 37.0 Å². The molecule has 0 saturated carbocycles. The van der Waals surface area contributed by atoms with Gasteiger partial charge in [0, 0.05) is 6.42 Å². The molecule has 8 N–H and O–H groups in total. The second-order valence-corrected chi connectivity index (χ2v) is 7.72. The third kappa shape index (κ3) is 9.75. The normalized spacial score (nSPS) is 15.8. The van der Waals surface area contributed by atoms with E-state index in [1.165, 1.54) is 0 Å². The molecule has 5 atom stereocenters. The Labute approximate surface area is 180 Å². The van der Waals surface area contributed by atoms with Crippen LogP contribution in [0, 0.1) is 11.8 Å². The number of hydrogen-bond donors (Lipinski definition) is 7. The number of aliphatic hydroxyl groups is 1. The molecule has 0 aliphatic rings. The molecule has 0 spiro atoms. The molecule has 0 fully saturated rings. The number of carbonyl (C=O) groups is 5. The van der Waals surface area contributed by atoms with Crippen molar-refractivity contribution in [2.24, 2.45) is 17.6 Å². The molecule has 0 aliphatic carbocycles. The summed E-state index contributed by atoms with van der Waals surface area (Å²) in [5.74, 6) is -5.55. The lowest BCUT2D eigenvalue weighted by molar-refractivity contribution is -0.143. The van der Waals surface area contributed by atoms with Crippen molar-refractivity contribution < 1.29 is 39.3 Å². The summed E-state index contributed by atoms with van der Waals surface area (Å²) in [6.07, 6.45) is -0.259. The van der Waals surface area contributed by atoms with Crippen molar-refractivity contribution in [3.05, 3.63) is 0 Å². The van der Waals surface area contributed by atoms with Crippen LogP contribution in [0.5, 0.6) is 0 Å². The summed E-state index contributed by atoms with van der Waals surface area (Å²) in [5.41, 5.74) is 5.48. The van der Waals surface area contributed by atoms with Gasteiger partial charge in [0.1, 0.15) is 24.2 Å². The predicted molar refractivity (Wildman–Crippen MR) is 110 cm³/mol. The number of hydrogen-bond acceptors (Lipinski definition) is 7. The average Bonchev–Trinajstić information content (AvgIpc) is 2.70. The van der Waals surface area contributed by atoms with E-state index in [0.29, 0.717) is 6.42 Å². The van der Waals surface area contributed by atoms with Gasteiger partial charge in [0.2, 0.25) is 17.7 Å². The standard InChI is InChI=1S/C19H34N4O8/c1-5-10(4)15(23-16(27)11(20)8-24)18(29)22-14(9(2)3)17(28)21-12(19(30)31)6-7-13(25)26/h9-12,14-15,24H,5-8,20H2,1-4H3,(H,21,28)(H,22,29)(H,23,27)(H,25,26)(H,30,31). The van der Waals surface area contributed by atoms with Crippen molar-refractivity contribution in [1.29, 1.82) is 0 Å². The third-order valence-electron chi connectivity index (χ3n) is 4.84. The Bertz CT molecular complexity index is 655. The fraction of sp³-hybridized carbons (Fsp3) is 0.737. The molecule has 0 saturated heterocycles. The first kappa shape index (κ1) is 28.3. The number of nitrogens with two attached hydrogens (primary N) is 1. The second kappa shape index (κ2) is 13.5. The molecular formula is C19H34N4O8. The maximum atomic E-state index is 12.8.